The van der Waals surface area contributed by atoms with Gasteiger partial charge < -0.3 is 15.0 Å². The van der Waals surface area contributed by atoms with Crippen LogP contribution in [0, 0.1) is 0 Å². The van der Waals surface area contributed by atoms with E-state index in [4.69, 9.17) is 0 Å². The number of nitrogens with one attached hydrogen (secondary N) is 1. The number of hydrogen-bond donors (Lipinski definition) is 1. The van der Waals surface area contributed by atoms with Gasteiger partial charge in [0.15, 0.2) is 0 Å². The van der Waals surface area contributed by atoms with Gasteiger partial charge in [-0.1, -0.05) is 6.07 Å². The van der Waals surface area contributed by atoms with E-state index in [1.165, 1.54) is 18.2 Å². The molecule has 0 unspecified atom stereocenters. The molecular weight excluding hydrogens is 337 g/mol. The van der Waals surface area contributed by atoms with Crippen molar-refractivity contribution in [2.75, 3.05) is 11.9 Å². The molecule has 25 heavy (non-hydrogen) atoms. The Hall–Kier alpha value is -2.71. The van der Waals surface area contributed by atoms with Gasteiger partial charge in [0.05, 0.1) is 12.6 Å². The Morgan fingerprint density at radius 3 is 2.92 bits per heavy atom. The Labute approximate surface area is 142 Å². The van der Waals surface area contributed by atoms with Crippen molar-refractivity contribution in [2.24, 2.45) is 0 Å². The third-order valence-corrected chi connectivity index (χ3v) is 3.91. The zero-order valence-electron chi connectivity index (χ0n) is 13.2. The predicted molar refractivity (Wildman–Crippen MR) is 84.1 cm³/mol. The SMILES string of the molecule is O=C(Nc1cccc(OC(F)(F)F)c1)N1CCC[C@H]1Cn1cccn1. The number of amides is 2. The highest BCUT2D eigenvalue weighted by molar-refractivity contribution is 5.89. The minimum absolute atomic E-state index is 0.00509. The van der Waals surface area contributed by atoms with E-state index < -0.39 is 6.36 Å². The van der Waals surface area contributed by atoms with Crippen molar-refractivity contribution in [3.63, 3.8) is 0 Å². The molecule has 9 heteroatoms. The van der Waals surface area contributed by atoms with Gasteiger partial charge in [-0.3, -0.25) is 4.68 Å². The maximum absolute atomic E-state index is 12.5. The number of halogens is 3. The van der Waals surface area contributed by atoms with Crippen molar-refractivity contribution in [3.8, 4) is 5.75 Å². The van der Waals surface area contributed by atoms with Crippen LogP contribution >= 0.6 is 0 Å². The molecule has 0 aliphatic carbocycles. The van der Waals surface area contributed by atoms with Gasteiger partial charge in [-0.25, -0.2) is 4.79 Å². The Kier molecular flexibility index (Phi) is 4.82. The number of aromatic nitrogens is 2. The van der Waals surface area contributed by atoms with E-state index in [0.29, 0.717) is 13.1 Å². The number of alkyl halides is 3. The van der Waals surface area contributed by atoms with Gasteiger partial charge >= 0.3 is 12.4 Å². The van der Waals surface area contributed by atoms with Crippen LogP contribution in [-0.4, -0.2) is 39.7 Å². The third kappa shape index (κ3) is 4.65. The largest absolute Gasteiger partial charge is 0.573 e. The lowest BCUT2D eigenvalue weighted by Gasteiger charge is -2.25. The van der Waals surface area contributed by atoms with Crippen LogP contribution in [-0.2, 0) is 6.54 Å². The number of benzene rings is 1. The van der Waals surface area contributed by atoms with Gasteiger partial charge in [0, 0.05) is 30.7 Å². The average Bonchev–Trinajstić information content (AvgIpc) is 3.18. The maximum atomic E-state index is 12.5. The lowest BCUT2D eigenvalue weighted by Crippen LogP contribution is -2.40. The summed E-state index contributed by atoms with van der Waals surface area (Å²) in [4.78, 5) is 14.2. The van der Waals surface area contributed by atoms with E-state index in [9.17, 15) is 18.0 Å². The maximum Gasteiger partial charge on any atom is 0.573 e. The van der Waals surface area contributed by atoms with Crippen LogP contribution < -0.4 is 10.1 Å². The fraction of sp³-hybridized carbons (Fsp3) is 0.375. The summed E-state index contributed by atoms with van der Waals surface area (Å²) in [6.07, 6.45) is 0.450. The van der Waals surface area contributed by atoms with Crippen molar-refractivity contribution in [1.29, 1.82) is 0 Å². The Morgan fingerprint density at radius 1 is 1.36 bits per heavy atom. The molecule has 3 rings (SSSR count). The second-order valence-corrected chi connectivity index (χ2v) is 5.72. The molecule has 0 spiro atoms. The fourth-order valence-electron chi connectivity index (χ4n) is 2.88. The minimum Gasteiger partial charge on any atom is -0.406 e. The van der Waals surface area contributed by atoms with Gasteiger partial charge in [0.1, 0.15) is 5.75 Å². The van der Waals surface area contributed by atoms with Crippen molar-refractivity contribution in [2.45, 2.75) is 31.8 Å². The second-order valence-electron chi connectivity index (χ2n) is 5.72. The highest BCUT2D eigenvalue weighted by atomic mass is 19.4. The van der Waals surface area contributed by atoms with E-state index in [-0.39, 0.29) is 23.5 Å². The Morgan fingerprint density at radius 2 is 2.20 bits per heavy atom. The molecule has 1 aromatic heterocycles. The normalized spacial score (nSPS) is 17.6. The van der Waals surface area contributed by atoms with E-state index >= 15 is 0 Å². The summed E-state index contributed by atoms with van der Waals surface area (Å²) in [5.41, 5.74) is 0.247. The van der Waals surface area contributed by atoms with E-state index in [1.54, 1.807) is 15.8 Å². The van der Waals surface area contributed by atoms with Crippen LogP contribution in [0.3, 0.4) is 0 Å². The van der Waals surface area contributed by atoms with Crippen molar-refractivity contribution in [3.05, 3.63) is 42.7 Å². The number of anilines is 1. The first-order valence-electron chi connectivity index (χ1n) is 7.81. The number of likely N-dealkylation sites (tertiary alicyclic amines) is 1. The van der Waals surface area contributed by atoms with Crippen LogP contribution in [0.25, 0.3) is 0 Å². The fourth-order valence-corrected chi connectivity index (χ4v) is 2.88. The number of nitrogens with zero attached hydrogens (tertiary/aromatic N) is 3. The number of carbonyl (C=O) groups is 1. The summed E-state index contributed by atoms with van der Waals surface area (Å²) in [5.74, 6) is -0.375. The number of rotatable bonds is 4. The Bertz CT molecular complexity index is 718. The van der Waals surface area contributed by atoms with Crippen molar-refractivity contribution >= 4 is 11.7 Å². The molecule has 1 aliphatic rings. The molecule has 2 amide bonds. The third-order valence-electron chi connectivity index (χ3n) is 3.91. The van der Waals surface area contributed by atoms with Gasteiger partial charge in [-0.15, -0.1) is 13.2 Å². The summed E-state index contributed by atoms with van der Waals surface area (Å²) < 4.78 is 42.5. The van der Waals surface area contributed by atoms with E-state index in [1.807, 2.05) is 12.3 Å². The molecule has 2 aromatic rings. The van der Waals surface area contributed by atoms with Gasteiger partial charge in [0.25, 0.3) is 0 Å². The monoisotopic (exact) mass is 354 g/mol. The second kappa shape index (κ2) is 7.04. The number of hydrogen-bond acceptors (Lipinski definition) is 3. The standard InChI is InChI=1S/C16H17F3N4O2/c17-16(18,19)25-14-6-1-4-12(10-14)21-15(24)23-9-2-5-13(23)11-22-8-3-7-20-22/h1,3-4,6-8,10,13H,2,5,9,11H2,(H,21,24)/t13-/m0/s1. The number of carbonyl (C=O) groups excluding carboxylic acids is 1. The number of ether oxygens (including phenoxy) is 1. The molecule has 0 bridgehead atoms. The average molecular weight is 354 g/mol. The van der Waals surface area contributed by atoms with E-state index in [2.05, 4.69) is 15.2 Å². The topological polar surface area (TPSA) is 59.4 Å². The molecule has 6 nitrogen and oxygen atoms in total. The lowest BCUT2D eigenvalue weighted by molar-refractivity contribution is -0.274. The van der Waals surface area contributed by atoms with Crippen LogP contribution in [0.4, 0.5) is 23.7 Å². The van der Waals surface area contributed by atoms with Crippen LogP contribution in [0.5, 0.6) is 5.75 Å². The van der Waals surface area contributed by atoms with Gasteiger partial charge in [0.2, 0.25) is 0 Å². The Balaban J connectivity index is 1.64. The van der Waals surface area contributed by atoms with Crippen molar-refractivity contribution in [1.82, 2.24) is 14.7 Å². The molecule has 2 heterocycles. The van der Waals surface area contributed by atoms with Gasteiger partial charge in [-0.2, -0.15) is 5.10 Å². The molecular formula is C16H17F3N4O2. The zero-order valence-corrected chi connectivity index (χ0v) is 13.2. The summed E-state index contributed by atoms with van der Waals surface area (Å²) in [6.45, 7) is 1.17. The molecule has 1 fully saturated rings. The molecule has 1 saturated heterocycles. The first kappa shape index (κ1) is 17.1. The van der Waals surface area contributed by atoms with Crippen molar-refractivity contribution < 1.29 is 22.7 Å². The molecule has 1 aliphatic heterocycles. The number of urea groups is 1. The highest BCUT2D eigenvalue weighted by Gasteiger charge is 2.32. The lowest BCUT2D eigenvalue weighted by atomic mass is 10.2. The highest BCUT2D eigenvalue weighted by Crippen LogP contribution is 2.26. The minimum atomic E-state index is -4.77. The van der Waals surface area contributed by atoms with Crippen LogP contribution in [0.15, 0.2) is 42.7 Å². The summed E-state index contributed by atoms with van der Waals surface area (Å²) in [7, 11) is 0. The first-order valence-corrected chi connectivity index (χ1v) is 7.81. The summed E-state index contributed by atoms with van der Waals surface area (Å²) in [6, 6.07) is 6.68. The van der Waals surface area contributed by atoms with Crippen LogP contribution in [0.2, 0.25) is 0 Å². The van der Waals surface area contributed by atoms with E-state index in [0.717, 1.165) is 18.9 Å². The molecule has 0 radical (unpaired) electrons. The molecule has 0 saturated carbocycles. The zero-order chi connectivity index (χ0) is 17.9. The van der Waals surface area contributed by atoms with Crippen LogP contribution in [0.1, 0.15) is 12.8 Å². The molecule has 134 valence electrons. The predicted octanol–water partition coefficient (Wildman–Crippen LogP) is 3.48. The first-order chi connectivity index (χ1) is 11.9. The summed E-state index contributed by atoms with van der Waals surface area (Å²) in [5, 5.41) is 6.77. The molecule has 1 N–H and O–H groups in total. The molecule has 1 atom stereocenters. The van der Waals surface area contributed by atoms with Gasteiger partial charge in [-0.05, 0) is 31.0 Å². The molecule has 1 aromatic carbocycles. The smallest absolute Gasteiger partial charge is 0.406 e. The summed E-state index contributed by atoms with van der Waals surface area (Å²) >= 11 is 0. The quantitative estimate of drug-likeness (QED) is 0.915.